The first-order valence-corrected chi connectivity index (χ1v) is 6.55. The minimum Gasteiger partial charge on any atom is -0.377 e. The van der Waals surface area contributed by atoms with Crippen molar-refractivity contribution in [2.75, 3.05) is 13.2 Å². The van der Waals surface area contributed by atoms with Crippen LogP contribution in [0.3, 0.4) is 0 Å². The van der Waals surface area contributed by atoms with Crippen molar-refractivity contribution in [2.24, 2.45) is 0 Å². The summed E-state index contributed by atoms with van der Waals surface area (Å²) in [5.41, 5.74) is 1.29. The van der Waals surface area contributed by atoms with Crippen LogP contribution >= 0.6 is 0 Å². The Kier molecular flexibility index (Phi) is 6.95. The molecule has 0 saturated heterocycles. The normalized spacial score (nSPS) is 11.8. The van der Waals surface area contributed by atoms with E-state index in [4.69, 9.17) is 4.74 Å². The number of rotatable bonds is 8. The van der Waals surface area contributed by atoms with Gasteiger partial charge in [0.25, 0.3) is 0 Å². The summed E-state index contributed by atoms with van der Waals surface area (Å²) in [5.74, 6) is -0.402. The Bertz CT molecular complexity index is 407. The molecule has 114 valence electrons. The van der Waals surface area contributed by atoms with Gasteiger partial charge in [0.15, 0.2) is 0 Å². The van der Waals surface area contributed by atoms with Crippen molar-refractivity contribution in [3.8, 4) is 0 Å². The highest BCUT2D eigenvalue weighted by Crippen LogP contribution is 2.21. The maximum absolute atomic E-state index is 13.5. The zero-order valence-corrected chi connectivity index (χ0v) is 11.4. The lowest BCUT2D eigenvalue weighted by Gasteiger charge is -2.09. The van der Waals surface area contributed by atoms with E-state index in [2.05, 4.69) is 5.32 Å². The molecule has 1 aromatic carbocycles. The first kappa shape index (κ1) is 16.9. The molecule has 0 bridgehead atoms. The Morgan fingerprint density at radius 1 is 1.25 bits per heavy atom. The van der Waals surface area contributed by atoms with E-state index in [0.717, 1.165) is 12.1 Å². The third-order valence-electron chi connectivity index (χ3n) is 2.70. The third kappa shape index (κ3) is 6.86. The number of hydrogen-bond donors (Lipinski definition) is 1. The van der Waals surface area contributed by atoms with E-state index in [1.54, 1.807) is 12.1 Å². The van der Waals surface area contributed by atoms with Crippen LogP contribution in [-0.2, 0) is 17.9 Å². The lowest BCUT2D eigenvalue weighted by molar-refractivity contribution is -0.138. The van der Waals surface area contributed by atoms with Gasteiger partial charge in [-0.1, -0.05) is 13.0 Å². The summed E-state index contributed by atoms with van der Waals surface area (Å²) < 4.78 is 54.4. The second-order valence-electron chi connectivity index (χ2n) is 4.48. The quantitative estimate of drug-likeness (QED) is 0.581. The van der Waals surface area contributed by atoms with Crippen molar-refractivity contribution in [2.45, 2.75) is 39.1 Å². The lowest BCUT2D eigenvalue weighted by Crippen LogP contribution is -2.12. The lowest BCUT2D eigenvalue weighted by atomic mass is 10.1. The molecule has 1 N–H and O–H groups in total. The maximum atomic E-state index is 13.5. The molecule has 1 rings (SSSR count). The van der Waals surface area contributed by atoms with Gasteiger partial charge in [0.05, 0.1) is 6.61 Å². The van der Waals surface area contributed by atoms with Crippen LogP contribution in [0.15, 0.2) is 18.2 Å². The molecule has 6 heteroatoms. The Balaban J connectivity index is 2.38. The fourth-order valence-corrected chi connectivity index (χ4v) is 1.67. The molecule has 0 aliphatic rings. The van der Waals surface area contributed by atoms with Crippen molar-refractivity contribution in [3.05, 3.63) is 35.1 Å². The van der Waals surface area contributed by atoms with E-state index in [-0.39, 0.29) is 19.6 Å². The fraction of sp³-hybridized carbons (Fsp3) is 0.571. The zero-order chi connectivity index (χ0) is 15.0. The molecule has 0 aliphatic carbocycles. The van der Waals surface area contributed by atoms with Crippen LogP contribution < -0.4 is 5.32 Å². The van der Waals surface area contributed by atoms with Crippen molar-refractivity contribution < 1.29 is 22.3 Å². The van der Waals surface area contributed by atoms with Crippen molar-refractivity contribution >= 4 is 0 Å². The minimum atomic E-state index is -4.17. The molecule has 0 aromatic heterocycles. The number of benzene rings is 1. The van der Waals surface area contributed by atoms with Crippen LogP contribution in [0.5, 0.6) is 0 Å². The van der Waals surface area contributed by atoms with Crippen LogP contribution in [0.25, 0.3) is 0 Å². The number of alkyl halides is 3. The van der Waals surface area contributed by atoms with Crippen molar-refractivity contribution in [1.82, 2.24) is 5.32 Å². The summed E-state index contributed by atoms with van der Waals surface area (Å²) in [7, 11) is 0. The van der Waals surface area contributed by atoms with Gasteiger partial charge < -0.3 is 10.1 Å². The smallest absolute Gasteiger partial charge is 0.377 e. The van der Waals surface area contributed by atoms with E-state index < -0.39 is 18.4 Å². The van der Waals surface area contributed by atoms with E-state index in [1.807, 2.05) is 6.92 Å². The molecule has 2 nitrogen and oxygen atoms in total. The predicted octanol–water partition coefficient (Wildman–Crippen LogP) is 3.79. The summed E-state index contributed by atoms with van der Waals surface area (Å²) >= 11 is 0. The van der Waals surface area contributed by atoms with Gasteiger partial charge >= 0.3 is 6.18 Å². The van der Waals surface area contributed by atoms with Gasteiger partial charge in [0, 0.05) is 25.1 Å². The molecule has 0 spiro atoms. The highest BCUT2D eigenvalue weighted by Gasteiger charge is 2.25. The molecule has 0 aliphatic heterocycles. The Morgan fingerprint density at radius 2 is 2.00 bits per heavy atom. The molecule has 0 radical (unpaired) electrons. The van der Waals surface area contributed by atoms with E-state index in [1.165, 1.54) is 6.07 Å². The fourth-order valence-electron chi connectivity index (χ4n) is 1.67. The van der Waals surface area contributed by atoms with Gasteiger partial charge in [-0.3, -0.25) is 0 Å². The van der Waals surface area contributed by atoms with Crippen LogP contribution in [0, 0.1) is 5.82 Å². The summed E-state index contributed by atoms with van der Waals surface area (Å²) in [4.78, 5) is 0. The van der Waals surface area contributed by atoms with Crippen LogP contribution in [0.4, 0.5) is 17.6 Å². The average molecular weight is 293 g/mol. The number of hydrogen-bond acceptors (Lipinski definition) is 2. The van der Waals surface area contributed by atoms with E-state index >= 15 is 0 Å². The van der Waals surface area contributed by atoms with Crippen LogP contribution in [0.1, 0.15) is 30.9 Å². The van der Waals surface area contributed by atoms with Crippen LogP contribution in [-0.4, -0.2) is 19.3 Å². The first-order valence-electron chi connectivity index (χ1n) is 6.55. The summed E-state index contributed by atoms with van der Waals surface area (Å²) in [6.07, 6.45) is -5.15. The Labute approximate surface area is 116 Å². The summed E-state index contributed by atoms with van der Waals surface area (Å²) in [5, 5.41) is 3.12. The number of nitrogens with one attached hydrogen (secondary N) is 1. The monoisotopic (exact) mass is 293 g/mol. The molecule has 1 aromatic rings. The van der Waals surface area contributed by atoms with Gasteiger partial charge in [0.1, 0.15) is 5.82 Å². The van der Waals surface area contributed by atoms with E-state index in [9.17, 15) is 17.6 Å². The highest BCUT2D eigenvalue weighted by molar-refractivity contribution is 5.24. The molecule has 0 amide bonds. The SMILES string of the molecule is CCNCc1ccc(F)c(COCCCC(F)(F)F)c1. The largest absolute Gasteiger partial charge is 0.389 e. The zero-order valence-electron chi connectivity index (χ0n) is 11.4. The molecule has 0 saturated carbocycles. The Morgan fingerprint density at radius 3 is 2.65 bits per heavy atom. The van der Waals surface area contributed by atoms with Crippen molar-refractivity contribution in [3.63, 3.8) is 0 Å². The second kappa shape index (κ2) is 8.21. The van der Waals surface area contributed by atoms with Gasteiger partial charge in [-0.15, -0.1) is 0 Å². The maximum Gasteiger partial charge on any atom is 0.389 e. The molecule has 0 fully saturated rings. The standard InChI is InChI=1S/C14H19F4NO/c1-2-19-9-11-4-5-13(15)12(8-11)10-20-7-3-6-14(16,17)18/h4-5,8,19H,2-3,6-7,9-10H2,1H3. The predicted molar refractivity (Wildman–Crippen MR) is 68.7 cm³/mol. The Hall–Kier alpha value is -1.14. The molecular formula is C14H19F4NO. The molecule has 0 heterocycles. The van der Waals surface area contributed by atoms with E-state index in [0.29, 0.717) is 12.1 Å². The van der Waals surface area contributed by atoms with Gasteiger partial charge in [0.2, 0.25) is 0 Å². The molecule has 0 unspecified atom stereocenters. The van der Waals surface area contributed by atoms with Crippen molar-refractivity contribution in [1.29, 1.82) is 0 Å². The topological polar surface area (TPSA) is 21.3 Å². The van der Waals surface area contributed by atoms with Crippen LogP contribution in [0.2, 0.25) is 0 Å². The second-order valence-corrected chi connectivity index (χ2v) is 4.48. The van der Waals surface area contributed by atoms with Gasteiger partial charge in [-0.2, -0.15) is 13.2 Å². The molecule has 0 atom stereocenters. The third-order valence-corrected chi connectivity index (χ3v) is 2.70. The average Bonchev–Trinajstić information content (AvgIpc) is 2.37. The summed E-state index contributed by atoms with van der Waals surface area (Å²) in [6.45, 7) is 3.35. The first-order chi connectivity index (χ1) is 9.42. The van der Waals surface area contributed by atoms with Gasteiger partial charge in [-0.05, 0) is 30.7 Å². The molecular weight excluding hydrogens is 274 g/mol. The summed E-state index contributed by atoms with van der Waals surface area (Å²) in [6, 6.07) is 4.69. The number of ether oxygens (including phenoxy) is 1. The minimum absolute atomic E-state index is 0.0103. The highest BCUT2D eigenvalue weighted by atomic mass is 19.4. The van der Waals surface area contributed by atoms with Gasteiger partial charge in [-0.25, -0.2) is 4.39 Å². The number of halogens is 4. The molecule has 20 heavy (non-hydrogen) atoms.